The van der Waals surface area contributed by atoms with Crippen LogP contribution in [0.5, 0.6) is 0 Å². The third kappa shape index (κ3) is 2.87. The maximum absolute atomic E-state index is 11.5. The van der Waals surface area contributed by atoms with Gasteiger partial charge in [0.15, 0.2) is 0 Å². The molecule has 0 bridgehead atoms. The molecule has 1 aromatic carbocycles. The van der Waals surface area contributed by atoms with Crippen molar-refractivity contribution in [2.45, 2.75) is 32.2 Å². The van der Waals surface area contributed by atoms with Crippen LogP contribution in [0.1, 0.15) is 25.0 Å². The molecule has 94 valence electrons. The quantitative estimate of drug-likeness (QED) is 0.873. The van der Waals surface area contributed by atoms with Crippen LogP contribution in [0.3, 0.4) is 0 Å². The van der Waals surface area contributed by atoms with Crippen LogP contribution in [0.4, 0.5) is 0 Å². The number of ether oxygens (including phenoxy) is 1. The van der Waals surface area contributed by atoms with E-state index < -0.39 is 17.4 Å². The van der Waals surface area contributed by atoms with Gasteiger partial charge in [0.1, 0.15) is 6.04 Å². The van der Waals surface area contributed by atoms with E-state index in [0.29, 0.717) is 0 Å². The summed E-state index contributed by atoms with van der Waals surface area (Å²) in [5.41, 5.74) is 7.62. The number of esters is 1. The van der Waals surface area contributed by atoms with Crippen molar-refractivity contribution >= 4 is 21.9 Å². The van der Waals surface area contributed by atoms with Crippen molar-refractivity contribution in [3.8, 4) is 0 Å². The molecule has 0 fully saturated rings. The fourth-order valence-electron chi connectivity index (χ4n) is 1.65. The second-order valence-corrected chi connectivity index (χ2v) is 5.54. The van der Waals surface area contributed by atoms with E-state index in [2.05, 4.69) is 15.9 Å². The molecule has 0 aliphatic rings. The van der Waals surface area contributed by atoms with E-state index in [9.17, 15) is 4.79 Å². The number of halogens is 1. The van der Waals surface area contributed by atoms with Crippen LogP contribution < -0.4 is 5.73 Å². The SMILES string of the molecule is COC(=O)C(N)C(C)(C)c1ccc(Br)c(C)c1. The summed E-state index contributed by atoms with van der Waals surface area (Å²) in [6, 6.07) is 5.30. The fraction of sp³-hybridized carbons (Fsp3) is 0.462. The molecule has 1 aromatic rings. The van der Waals surface area contributed by atoms with Crippen molar-refractivity contribution in [3.05, 3.63) is 33.8 Å². The average molecular weight is 300 g/mol. The number of rotatable bonds is 3. The highest BCUT2D eigenvalue weighted by molar-refractivity contribution is 9.10. The minimum atomic E-state index is -0.673. The van der Waals surface area contributed by atoms with Crippen LogP contribution in [-0.2, 0) is 14.9 Å². The Kier molecular flexibility index (Phi) is 4.33. The molecule has 0 amide bonds. The summed E-state index contributed by atoms with van der Waals surface area (Å²) in [4.78, 5) is 11.5. The molecule has 0 spiro atoms. The predicted molar refractivity (Wildman–Crippen MR) is 71.9 cm³/mol. The van der Waals surface area contributed by atoms with Gasteiger partial charge in [0.25, 0.3) is 0 Å². The number of methoxy groups -OCH3 is 1. The van der Waals surface area contributed by atoms with Crippen molar-refractivity contribution in [1.82, 2.24) is 0 Å². The minimum absolute atomic E-state index is 0.393. The first-order valence-corrected chi connectivity index (χ1v) is 6.20. The molecule has 0 radical (unpaired) electrons. The zero-order chi connectivity index (χ0) is 13.2. The molecule has 17 heavy (non-hydrogen) atoms. The summed E-state index contributed by atoms with van der Waals surface area (Å²) in [5.74, 6) is -0.393. The van der Waals surface area contributed by atoms with E-state index in [1.54, 1.807) is 0 Å². The Bertz CT molecular complexity index is 429. The van der Waals surface area contributed by atoms with Gasteiger partial charge in [-0.1, -0.05) is 41.9 Å². The first-order valence-electron chi connectivity index (χ1n) is 5.40. The Morgan fingerprint density at radius 1 is 1.47 bits per heavy atom. The third-order valence-corrected chi connectivity index (χ3v) is 4.02. The summed E-state index contributed by atoms with van der Waals surface area (Å²) < 4.78 is 5.75. The Balaban J connectivity index is 3.11. The molecule has 0 saturated heterocycles. The van der Waals surface area contributed by atoms with Crippen LogP contribution in [0.2, 0.25) is 0 Å². The third-order valence-electron chi connectivity index (χ3n) is 3.13. The van der Waals surface area contributed by atoms with Gasteiger partial charge in [-0.25, -0.2) is 0 Å². The van der Waals surface area contributed by atoms with Crippen LogP contribution in [-0.4, -0.2) is 19.1 Å². The van der Waals surface area contributed by atoms with E-state index >= 15 is 0 Å². The van der Waals surface area contributed by atoms with Crippen molar-refractivity contribution in [1.29, 1.82) is 0 Å². The van der Waals surface area contributed by atoms with Gasteiger partial charge in [0.05, 0.1) is 7.11 Å². The number of aryl methyl sites for hydroxylation is 1. The fourth-order valence-corrected chi connectivity index (χ4v) is 1.89. The van der Waals surface area contributed by atoms with E-state index in [1.165, 1.54) is 7.11 Å². The summed E-state index contributed by atoms with van der Waals surface area (Å²) in [7, 11) is 1.35. The highest BCUT2D eigenvalue weighted by Crippen LogP contribution is 2.29. The molecule has 0 aromatic heterocycles. The highest BCUT2D eigenvalue weighted by atomic mass is 79.9. The summed E-state index contributed by atoms with van der Waals surface area (Å²) in [6.45, 7) is 5.89. The van der Waals surface area contributed by atoms with Gasteiger partial charge in [0, 0.05) is 9.89 Å². The number of nitrogens with two attached hydrogens (primary N) is 1. The summed E-state index contributed by atoms with van der Waals surface area (Å²) in [6.07, 6.45) is 0. The maximum Gasteiger partial charge on any atom is 0.323 e. The first kappa shape index (κ1) is 14.2. The Labute approximate surface area is 110 Å². The lowest BCUT2D eigenvalue weighted by Gasteiger charge is -2.30. The van der Waals surface area contributed by atoms with Crippen LogP contribution in [0.15, 0.2) is 22.7 Å². The van der Waals surface area contributed by atoms with Crippen LogP contribution >= 0.6 is 15.9 Å². The molecule has 0 aliphatic carbocycles. The molecule has 1 atom stereocenters. The predicted octanol–water partition coefficient (Wildman–Crippen LogP) is 2.54. The zero-order valence-corrected chi connectivity index (χ0v) is 12.2. The number of carbonyl (C=O) groups is 1. The highest BCUT2D eigenvalue weighted by Gasteiger charge is 2.34. The van der Waals surface area contributed by atoms with E-state index in [-0.39, 0.29) is 0 Å². The molecule has 1 unspecified atom stereocenters. The van der Waals surface area contributed by atoms with Gasteiger partial charge in [-0.15, -0.1) is 0 Å². The number of benzene rings is 1. The molecule has 1 rings (SSSR count). The molecule has 0 saturated carbocycles. The lowest BCUT2D eigenvalue weighted by atomic mass is 9.77. The molecule has 0 aliphatic heterocycles. The molecule has 2 N–H and O–H groups in total. The van der Waals surface area contributed by atoms with Gasteiger partial charge in [-0.3, -0.25) is 4.79 Å². The number of hydrogen-bond donors (Lipinski definition) is 1. The molecular weight excluding hydrogens is 282 g/mol. The summed E-state index contributed by atoms with van der Waals surface area (Å²) >= 11 is 3.45. The normalized spacial score (nSPS) is 13.3. The zero-order valence-electron chi connectivity index (χ0n) is 10.6. The second kappa shape index (κ2) is 5.19. The maximum atomic E-state index is 11.5. The Hall–Kier alpha value is -0.870. The average Bonchev–Trinajstić information content (AvgIpc) is 2.30. The van der Waals surface area contributed by atoms with Gasteiger partial charge in [-0.2, -0.15) is 0 Å². The molecule has 4 heteroatoms. The van der Waals surface area contributed by atoms with E-state index in [1.807, 2.05) is 39.0 Å². The van der Waals surface area contributed by atoms with E-state index in [4.69, 9.17) is 10.5 Å². The van der Waals surface area contributed by atoms with Crippen molar-refractivity contribution < 1.29 is 9.53 Å². The number of carbonyl (C=O) groups excluding carboxylic acids is 1. The first-order chi connectivity index (χ1) is 7.80. The topological polar surface area (TPSA) is 52.3 Å². The van der Waals surface area contributed by atoms with Crippen molar-refractivity contribution in [2.75, 3.05) is 7.11 Å². The number of hydrogen-bond acceptors (Lipinski definition) is 3. The lowest BCUT2D eigenvalue weighted by molar-refractivity contribution is -0.143. The molecule has 0 heterocycles. The smallest absolute Gasteiger partial charge is 0.323 e. The van der Waals surface area contributed by atoms with Crippen LogP contribution in [0.25, 0.3) is 0 Å². The second-order valence-electron chi connectivity index (χ2n) is 4.69. The van der Waals surface area contributed by atoms with Crippen LogP contribution in [0, 0.1) is 6.92 Å². The van der Waals surface area contributed by atoms with Gasteiger partial charge < -0.3 is 10.5 Å². The standard InChI is InChI=1S/C13H18BrNO2/c1-8-7-9(5-6-10(8)14)13(2,3)11(15)12(16)17-4/h5-7,11H,15H2,1-4H3. The van der Waals surface area contributed by atoms with Gasteiger partial charge in [-0.05, 0) is 24.1 Å². The Morgan fingerprint density at radius 3 is 2.53 bits per heavy atom. The lowest BCUT2D eigenvalue weighted by Crippen LogP contribution is -2.47. The molecule has 3 nitrogen and oxygen atoms in total. The minimum Gasteiger partial charge on any atom is -0.468 e. The monoisotopic (exact) mass is 299 g/mol. The van der Waals surface area contributed by atoms with Crippen molar-refractivity contribution in [2.24, 2.45) is 5.73 Å². The summed E-state index contributed by atoms with van der Waals surface area (Å²) in [5, 5.41) is 0. The van der Waals surface area contributed by atoms with Gasteiger partial charge in [0.2, 0.25) is 0 Å². The molecular formula is C13H18BrNO2. The van der Waals surface area contributed by atoms with Gasteiger partial charge >= 0.3 is 5.97 Å². The largest absolute Gasteiger partial charge is 0.468 e. The Morgan fingerprint density at radius 2 is 2.06 bits per heavy atom. The van der Waals surface area contributed by atoms with E-state index in [0.717, 1.165) is 15.6 Å². The van der Waals surface area contributed by atoms with Crippen molar-refractivity contribution in [3.63, 3.8) is 0 Å².